The molecule has 2 N–H and O–H groups in total. The van der Waals surface area contributed by atoms with E-state index in [-0.39, 0.29) is 11.9 Å². The number of hydrogen-bond donors (Lipinski definition) is 2. The molecule has 1 amide bonds. The van der Waals surface area contributed by atoms with Gasteiger partial charge in [-0.05, 0) is 26.2 Å². The lowest BCUT2D eigenvalue weighted by molar-refractivity contribution is 0.0928. The van der Waals surface area contributed by atoms with Crippen molar-refractivity contribution < 1.29 is 9.53 Å². The molecule has 128 valence electrons. The number of carbonyl (C=O) groups is 1. The molecule has 6 heteroatoms. The minimum Gasteiger partial charge on any atom is -0.385 e. The molecule has 6 nitrogen and oxygen atoms in total. The highest BCUT2D eigenvalue weighted by atomic mass is 16.5. The van der Waals surface area contributed by atoms with Gasteiger partial charge >= 0.3 is 0 Å². The van der Waals surface area contributed by atoms with E-state index in [2.05, 4.69) is 20.6 Å². The summed E-state index contributed by atoms with van der Waals surface area (Å²) in [6, 6.07) is 2.00. The van der Waals surface area contributed by atoms with Gasteiger partial charge in [0, 0.05) is 32.4 Å². The zero-order valence-corrected chi connectivity index (χ0v) is 14.2. The lowest BCUT2D eigenvalue weighted by Gasteiger charge is -2.16. The van der Waals surface area contributed by atoms with Crippen LogP contribution >= 0.6 is 0 Å². The van der Waals surface area contributed by atoms with Gasteiger partial charge in [0.1, 0.15) is 17.3 Å². The molecule has 0 unspecified atom stereocenters. The third-order valence-corrected chi connectivity index (χ3v) is 4.09. The molecule has 0 saturated heterocycles. The minimum absolute atomic E-state index is 0.0951. The van der Waals surface area contributed by atoms with Gasteiger partial charge in [0.15, 0.2) is 0 Å². The van der Waals surface area contributed by atoms with Gasteiger partial charge in [0.25, 0.3) is 5.91 Å². The Morgan fingerprint density at radius 2 is 2.00 bits per heavy atom. The predicted octanol–water partition coefficient (Wildman–Crippen LogP) is 2.69. The number of nitrogens with zero attached hydrogens (tertiary/aromatic N) is 2. The second-order valence-electron chi connectivity index (χ2n) is 6.12. The summed E-state index contributed by atoms with van der Waals surface area (Å²) in [5.74, 6) is 1.20. The SMILES string of the molecule is COCCCNc1cc(C(=O)NC2CCCCCC2)nc(C)n1. The summed E-state index contributed by atoms with van der Waals surface area (Å²) in [4.78, 5) is 21.1. The van der Waals surface area contributed by atoms with Crippen molar-refractivity contribution in [2.24, 2.45) is 0 Å². The highest BCUT2D eigenvalue weighted by molar-refractivity contribution is 5.93. The first-order chi connectivity index (χ1) is 11.2. The molecule has 1 aromatic heterocycles. The number of ether oxygens (including phenoxy) is 1. The lowest BCUT2D eigenvalue weighted by atomic mass is 10.1. The normalized spacial score (nSPS) is 15.9. The molecule has 1 heterocycles. The number of methoxy groups -OCH3 is 1. The van der Waals surface area contributed by atoms with Gasteiger partial charge in [-0.2, -0.15) is 0 Å². The van der Waals surface area contributed by atoms with Crippen LogP contribution in [0.25, 0.3) is 0 Å². The number of aryl methyl sites for hydroxylation is 1. The van der Waals surface area contributed by atoms with E-state index < -0.39 is 0 Å². The maximum Gasteiger partial charge on any atom is 0.270 e. The number of anilines is 1. The summed E-state index contributed by atoms with van der Waals surface area (Å²) in [7, 11) is 1.69. The number of aromatic nitrogens is 2. The molecule has 1 aromatic rings. The second kappa shape index (κ2) is 9.45. The van der Waals surface area contributed by atoms with Crippen molar-refractivity contribution in [2.75, 3.05) is 25.6 Å². The van der Waals surface area contributed by atoms with Crippen LogP contribution in [-0.2, 0) is 4.74 Å². The van der Waals surface area contributed by atoms with E-state index in [0.717, 1.165) is 25.8 Å². The molecule has 0 radical (unpaired) electrons. The Bertz CT molecular complexity index is 499. The smallest absolute Gasteiger partial charge is 0.270 e. The minimum atomic E-state index is -0.0951. The topological polar surface area (TPSA) is 76.1 Å². The molecule has 1 saturated carbocycles. The van der Waals surface area contributed by atoms with Crippen molar-refractivity contribution in [1.29, 1.82) is 0 Å². The quantitative estimate of drug-likeness (QED) is 0.597. The molecular formula is C17H28N4O2. The number of nitrogens with one attached hydrogen (secondary N) is 2. The van der Waals surface area contributed by atoms with Crippen molar-refractivity contribution in [1.82, 2.24) is 15.3 Å². The molecule has 0 spiro atoms. The first kappa shape index (κ1) is 17.7. The maximum atomic E-state index is 12.5. The molecule has 0 aromatic carbocycles. The van der Waals surface area contributed by atoms with Gasteiger partial charge in [0.05, 0.1) is 0 Å². The van der Waals surface area contributed by atoms with Gasteiger partial charge in [-0.1, -0.05) is 25.7 Å². The van der Waals surface area contributed by atoms with Crippen LogP contribution in [0, 0.1) is 6.92 Å². The van der Waals surface area contributed by atoms with E-state index in [4.69, 9.17) is 4.74 Å². The van der Waals surface area contributed by atoms with E-state index >= 15 is 0 Å². The molecular weight excluding hydrogens is 292 g/mol. The average Bonchev–Trinajstić information content (AvgIpc) is 2.80. The van der Waals surface area contributed by atoms with E-state index in [1.807, 2.05) is 6.92 Å². The summed E-state index contributed by atoms with van der Waals surface area (Å²) in [5.41, 5.74) is 0.441. The van der Waals surface area contributed by atoms with E-state index in [1.165, 1.54) is 25.7 Å². The average molecular weight is 320 g/mol. The summed E-state index contributed by atoms with van der Waals surface area (Å²) in [5, 5.41) is 6.35. The van der Waals surface area contributed by atoms with Crippen molar-refractivity contribution in [3.63, 3.8) is 0 Å². The first-order valence-electron chi connectivity index (χ1n) is 8.58. The molecule has 23 heavy (non-hydrogen) atoms. The van der Waals surface area contributed by atoms with Gasteiger partial charge in [-0.25, -0.2) is 9.97 Å². The highest BCUT2D eigenvalue weighted by Gasteiger charge is 2.17. The van der Waals surface area contributed by atoms with Gasteiger partial charge in [-0.3, -0.25) is 4.79 Å². The predicted molar refractivity (Wildman–Crippen MR) is 90.7 cm³/mol. The zero-order valence-electron chi connectivity index (χ0n) is 14.2. The summed E-state index contributed by atoms with van der Waals surface area (Å²) < 4.78 is 5.02. The summed E-state index contributed by atoms with van der Waals surface area (Å²) >= 11 is 0. The van der Waals surface area contributed by atoms with Crippen LogP contribution in [0.15, 0.2) is 6.07 Å². The van der Waals surface area contributed by atoms with Crippen LogP contribution in [0.3, 0.4) is 0 Å². The van der Waals surface area contributed by atoms with E-state index in [0.29, 0.717) is 23.9 Å². The first-order valence-corrected chi connectivity index (χ1v) is 8.58. The molecule has 1 aliphatic carbocycles. The number of carbonyl (C=O) groups excluding carboxylic acids is 1. The Hall–Kier alpha value is -1.69. The van der Waals surface area contributed by atoms with Crippen molar-refractivity contribution in [3.8, 4) is 0 Å². The van der Waals surface area contributed by atoms with Crippen molar-refractivity contribution in [2.45, 2.75) is 57.9 Å². The van der Waals surface area contributed by atoms with Crippen LogP contribution in [-0.4, -0.2) is 42.2 Å². The Morgan fingerprint density at radius 1 is 1.26 bits per heavy atom. The fraction of sp³-hybridized carbons (Fsp3) is 0.706. The van der Waals surface area contributed by atoms with Gasteiger partial charge in [0.2, 0.25) is 0 Å². The van der Waals surface area contributed by atoms with Crippen LogP contribution in [0.5, 0.6) is 0 Å². The monoisotopic (exact) mass is 320 g/mol. The zero-order chi connectivity index (χ0) is 16.5. The third-order valence-electron chi connectivity index (χ3n) is 4.09. The van der Waals surface area contributed by atoms with E-state index in [1.54, 1.807) is 13.2 Å². The van der Waals surface area contributed by atoms with Crippen LogP contribution in [0.4, 0.5) is 5.82 Å². The van der Waals surface area contributed by atoms with Crippen molar-refractivity contribution >= 4 is 11.7 Å². The number of hydrogen-bond acceptors (Lipinski definition) is 5. The Kier molecular flexibility index (Phi) is 7.26. The molecule has 0 bridgehead atoms. The Morgan fingerprint density at radius 3 is 2.70 bits per heavy atom. The number of rotatable bonds is 7. The maximum absolute atomic E-state index is 12.5. The van der Waals surface area contributed by atoms with Crippen LogP contribution in [0.2, 0.25) is 0 Å². The Balaban J connectivity index is 1.94. The van der Waals surface area contributed by atoms with Crippen LogP contribution in [0.1, 0.15) is 61.3 Å². The van der Waals surface area contributed by atoms with Crippen molar-refractivity contribution in [3.05, 3.63) is 17.6 Å². The van der Waals surface area contributed by atoms with Crippen LogP contribution < -0.4 is 10.6 Å². The fourth-order valence-corrected chi connectivity index (χ4v) is 2.89. The Labute approximate surface area is 138 Å². The third kappa shape index (κ3) is 6.14. The summed E-state index contributed by atoms with van der Waals surface area (Å²) in [6.45, 7) is 3.27. The molecule has 1 aliphatic rings. The molecule has 0 atom stereocenters. The molecule has 1 fully saturated rings. The van der Waals surface area contributed by atoms with E-state index in [9.17, 15) is 4.79 Å². The van der Waals surface area contributed by atoms with Gasteiger partial charge < -0.3 is 15.4 Å². The van der Waals surface area contributed by atoms with Gasteiger partial charge in [-0.15, -0.1) is 0 Å². The second-order valence-corrected chi connectivity index (χ2v) is 6.12. The molecule has 2 rings (SSSR count). The number of amides is 1. The highest BCUT2D eigenvalue weighted by Crippen LogP contribution is 2.17. The fourth-order valence-electron chi connectivity index (χ4n) is 2.89. The lowest BCUT2D eigenvalue weighted by Crippen LogP contribution is -2.35. The standard InChI is InChI=1S/C17H28N4O2/c1-13-19-15(12-16(20-13)18-10-7-11-23-2)17(22)21-14-8-5-3-4-6-9-14/h12,14H,3-11H2,1-2H3,(H,21,22)(H,18,19,20). The molecule has 0 aliphatic heterocycles. The largest absolute Gasteiger partial charge is 0.385 e. The summed E-state index contributed by atoms with van der Waals surface area (Å²) in [6.07, 6.45) is 7.96.